The van der Waals surface area contributed by atoms with Gasteiger partial charge >= 0.3 is 18.3 Å². The van der Waals surface area contributed by atoms with E-state index in [2.05, 4.69) is 28.1 Å². The number of rotatable bonds is 20. The lowest BCUT2D eigenvalue weighted by atomic mass is 9.89. The first kappa shape index (κ1) is 81.8. The van der Waals surface area contributed by atoms with Crippen LogP contribution in [0.15, 0.2) is 140 Å². The zero-order valence-electron chi connectivity index (χ0n) is 60.9. The molecule has 3 nitrogen and oxygen atoms in total. The number of hydrogen-bond donors (Lipinski definition) is 0. The summed E-state index contributed by atoms with van der Waals surface area (Å²) in [6, 6.07) is 23.9. The highest BCUT2D eigenvalue weighted by Gasteiger charge is 2.47. The van der Waals surface area contributed by atoms with E-state index in [1.165, 1.54) is 89.2 Å². The summed E-state index contributed by atoms with van der Waals surface area (Å²) in [5.74, 6) is -23.6. The topological polar surface area (TPSA) is 27.7 Å². The minimum Gasteiger partial charge on any atom is -0.429 e. The van der Waals surface area contributed by atoms with Crippen LogP contribution < -0.4 is 14.2 Å². The molecule has 113 heavy (non-hydrogen) atoms. The summed E-state index contributed by atoms with van der Waals surface area (Å²) in [7, 11) is 0. The average molecular weight is 1600 g/mol. The molecule has 6 aliphatic carbocycles. The molecule has 0 N–H and O–H groups in total. The Morgan fingerprint density at radius 3 is 0.885 bits per heavy atom. The van der Waals surface area contributed by atoms with Crippen LogP contribution in [0.2, 0.25) is 0 Å². The van der Waals surface area contributed by atoms with Gasteiger partial charge in [-0.2, -0.15) is 26.3 Å². The fourth-order valence-corrected chi connectivity index (χ4v) is 18.6. The Morgan fingerprint density at radius 1 is 0.283 bits per heavy atom. The lowest BCUT2D eigenvalue weighted by Gasteiger charge is -2.20. The number of unbranched alkanes of at least 4 members (excludes halogenated alkanes) is 1. The second-order valence-electron chi connectivity index (χ2n) is 31.0. The molecule has 6 atom stereocenters. The SMILES string of the molecule is CCCC1CC2CC(c3ccc(-c4cc(F)c(C(F)(F)Oc5cc(F)c(F)c(F)c5)c(F)c4)cc3)CC2C1.CCCCC1CC2CC(c3ccc(-c4cc(F)c(C(F)(F)Oc5cc(F)c(F)c(F)c5)c(F)c4)c(F)c3)CC2C1.Fc1cc(OC(F)(F)c2c(F)cc(-c3ccc(C4CC5CCCC5C4)cc3)cc2F)cc(F)c1F. The second-order valence-corrected chi connectivity index (χ2v) is 31.0. The predicted molar refractivity (Wildman–Crippen MR) is 378 cm³/mol. The molecule has 9 aromatic carbocycles. The Balaban J connectivity index is 0.000000148. The van der Waals surface area contributed by atoms with Crippen molar-refractivity contribution in [3.8, 4) is 50.6 Å². The van der Waals surface area contributed by atoms with Crippen molar-refractivity contribution in [3.63, 3.8) is 0 Å². The molecule has 0 aliphatic heterocycles. The third-order valence-corrected chi connectivity index (χ3v) is 23.7. The summed E-state index contributed by atoms with van der Waals surface area (Å²) in [5, 5.41) is 0. The highest BCUT2D eigenvalue weighted by molar-refractivity contribution is 5.67. The smallest absolute Gasteiger partial charge is 0.429 e. The van der Waals surface area contributed by atoms with Crippen molar-refractivity contribution in [2.45, 2.75) is 166 Å². The van der Waals surface area contributed by atoms with Gasteiger partial charge in [-0.15, -0.1) is 0 Å². The molecule has 6 saturated carbocycles. The first-order valence-corrected chi connectivity index (χ1v) is 37.8. The molecule has 9 aromatic rings. The van der Waals surface area contributed by atoms with Gasteiger partial charge in [0.25, 0.3) is 0 Å². The molecule has 0 spiro atoms. The van der Waals surface area contributed by atoms with Gasteiger partial charge in [0.2, 0.25) is 0 Å². The third-order valence-electron chi connectivity index (χ3n) is 23.7. The molecule has 0 heterocycles. The molecule has 15 rings (SSSR count). The van der Waals surface area contributed by atoms with Gasteiger partial charge < -0.3 is 14.2 Å². The Hall–Kier alpha value is -9.16. The third kappa shape index (κ3) is 17.9. The first-order chi connectivity index (χ1) is 53.6. The van der Waals surface area contributed by atoms with Crippen LogP contribution in [0.5, 0.6) is 17.2 Å². The van der Waals surface area contributed by atoms with Gasteiger partial charge in [-0.3, -0.25) is 0 Å². The van der Waals surface area contributed by atoms with E-state index in [1.807, 2.05) is 24.3 Å². The number of ether oxygens (including phenoxy) is 3. The van der Waals surface area contributed by atoms with Crippen molar-refractivity contribution in [2.24, 2.45) is 47.3 Å². The van der Waals surface area contributed by atoms with Crippen LogP contribution in [0.25, 0.3) is 33.4 Å². The quantitative estimate of drug-likeness (QED) is 0.0562. The minimum atomic E-state index is -4.72. The lowest BCUT2D eigenvalue weighted by molar-refractivity contribution is -0.190. The fourth-order valence-electron chi connectivity index (χ4n) is 18.6. The summed E-state index contributed by atoms with van der Waals surface area (Å²) >= 11 is 0. The van der Waals surface area contributed by atoms with E-state index in [0.717, 1.165) is 115 Å². The van der Waals surface area contributed by atoms with Crippen LogP contribution in [0.3, 0.4) is 0 Å². The molecule has 6 unspecified atom stereocenters. The number of fused-ring (bicyclic) bond motifs is 3. The Labute approximate surface area is 637 Å². The fraction of sp³-hybridized carbons (Fsp3) is 0.386. The van der Waals surface area contributed by atoms with Gasteiger partial charge in [0, 0.05) is 42.0 Å². The maximum Gasteiger partial charge on any atom is 0.432 e. The summed E-state index contributed by atoms with van der Waals surface area (Å²) < 4.78 is 323. The monoisotopic (exact) mass is 1600 g/mol. The summed E-state index contributed by atoms with van der Waals surface area (Å²) in [6.07, 6.45) is 7.53. The van der Waals surface area contributed by atoms with Crippen LogP contribution in [0, 0.1) is 140 Å². The van der Waals surface area contributed by atoms with E-state index >= 15 is 4.39 Å². The van der Waals surface area contributed by atoms with Gasteiger partial charge in [0.15, 0.2) is 52.4 Å². The molecule has 6 aliphatic rings. The molecule has 0 aromatic heterocycles. The minimum absolute atomic E-state index is 0.0493. The van der Waals surface area contributed by atoms with Crippen LogP contribution in [-0.4, -0.2) is 0 Å². The molecule has 0 bridgehead atoms. The summed E-state index contributed by atoms with van der Waals surface area (Å²) in [6.45, 7) is 4.41. The number of benzene rings is 9. The highest BCUT2D eigenvalue weighted by Crippen LogP contribution is 2.56. The predicted octanol–water partition coefficient (Wildman–Crippen LogP) is 28.0. The van der Waals surface area contributed by atoms with Crippen molar-refractivity contribution in [1.29, 1.82) is 0 Å². The maximum atomic E-state index is 15.2. The van der Waals surface area contributed by atoms with Crippen molar-refractivity contribution in [3.05, 3.63) is 266 Å². The first-order valence-electron chi connectivity index (χ1n) is 37.8. The molecular weight excluding hydrogens is 1520 g/mol. The molecule has 6 fully saturated rings. The van der Waals surface area contributed by atoms with E-state index in [0.29, 0.717) is 46.9 Å². The van der Waals surface area contributed by atoms with Crippen LogP contribution >= 0.6 is 0 Å². The standard InChI is InChI=1S/C31H28F8O.C30H27F7O.C27H21F7O/c1-2-3-4-16-7-18-9-20(10-19(18)8-16)17-5-6-23(24(32)11-17)21-12-25(33)29(26(34)13-21)31(38,39)40-22-14-27(35)30(37)28(36)15-22;1-2-3-16-8-19-10-21(11-20(19)9-16)17-4-6-18(7-5-17)22-12-24(31)28(25(32)13-22)30(36,37)38-23-14-26(33)29(35)27(34)15-23;28-21-10-19(15-6-4-14(5-7-15)18-8-16-2-1-3-17(16)9-18)11-22(29)25(21)27(33,34)35-20-12-23(30)26(32)24(31)13-20/h5-6,11-16,18-20H,2-4,7-10H2,1H3;4-7,12-16,19-21H,2-3,8-11H2,1H3;4-7,10-13,16-18H,1-3,8-9H2. The highest BCUT2D eigenvalue weighted by atomic mass is 19.3. The van der Waals surface area contributed by atoms with E-state index in [4.69, 9.17) is 0 Å². The van der Waals surface area contributed by atoms with Crippen molar-refractivity contribution >= 4 is 0 Å². The van der Waals surface area contributed by atoms with E-state index in [-0.39, 0.29) is 64.6 Å². The van der Waals surface area contributed by atoms with Gasteiger partial charge in [0.05, 0.1) is 0 Å². The number of hydrogen-bond acceptors (Lipinski definition) is 3. The number of halogens is 22. The number of alkyl halides is 6. The van der Waals surface area contributed by atoms with Crippen molar-refractivity contribution in [2.75, 3.05) is 0 Å². The normalized spacial score (nSPS) is 22.5. The summed E-state index contributed by atoms with van der Waals surface area (Å²) in [4.78, 5) is 0. The average Bonchev–Trinajstić information content (AvgIpc) is 1.20. The summed E-state index contributed by atoms with van der Waals surface area (Å²) in [5.41, 5.74) is -1.64. The van der Waals surface area contributed by atoms with E-state index in [9.17, 15) is 92.2 Å². The van der Waals surface area contributed by atoms with E-state index in [1.54, 1.807) is 30.3 Å². The van der Waals surface area contributed by atoms with Gasteiger partial charge in [-0.05, 0) is 216 Å². The molecular formula is C88H76F22O3. The van der Waals surface area contributed by atoms with Crippen molar-refractivity contribution in [1.82, 2.24) is 0 Å². The Kier molecular flexibility index (Phi) is 24.2. The molecule has 0 saturated heterocycles. The molecule has 600 valence electrons. The molecule has 0 radical (unpaired) electrons. The largest absolute Gasteiger partial charge is 0.432 e. The van der Waals surface area contributed by atoms with Gasteiger partial charge in [-0.25, -0.2) is 70.2 Å². The molecule has 25 heteroatoms. The molecule has 0 amide bonds. The van der Waals surface area contributed by atoms with Crippen molar-refractivity contribution < 1.29 is 111 Å². The Morgan fingerprint density at radius 2 is 0.575 bits per heavy atom. The zero-order chi connectivity index (χ0) is 80.9. The zero-order valence-corrected chi connectivity index (χ0v) is 60.9. The van der Waals surface area contributed by atoms with Crippen LogP contribution in [0.4, 0.5) is 96.6 Å². The Bertz CT molecular complexity index is 4770. The second kappa shape index (κ2) is 33.3. The lowest BCUT2D eigenvalue weighted by Crippen LogP contribution is -2.25. The van der Waals surface area contributed by atoms with Gasteiger partial charge in [-0.1, -0.05) is 126 Å². The van der Waals surface area contributed by atoms with Gasteiger partial charge in [0.1, 0.15) is 74.7 Å². The van der Waals surface area contributed by atoms with Crippen LogP contribution in [-0.2, 0) is 18.3 Å². The van der Waals surface area contributed by atoms with Crippen LogP contribution in [0.1, 0.15) is 181 Å². The van der Waals surface area contributed by atoms with E-state index < -0.39 is 145 Å². The maximum absolute atomic E-state index is 15.2.